The summed E-state index contributed by atoms with van der Waals surface area (Å²) in [6.45, 7) is 6.87. The largest absolute Gasteiger partial charge is 0.462 e. The lowest BCUT2D eigenvalue weighted by molar-refractivity contribution is -0.150. The van der Waals surface area contributed by atoms with E-state index in [0.29, 0.717) is 24.2 Å². The van der Waals surface area contributed by atoms with Crippen molar-refractivity contribution in [1.82, 2.24) is 0 Å². The molecule has 5 rings (SSSR count). The van der Waals surface area contributed by atoms with Crippen LogP contribution in [0.2, 0.25) is 0 Å². The fourth-order valence-electron chi connectivity index (χ4n) is 7.70. The Morgan fingerprint density at radius 1 is 1.03 bits per heavy atom. The Bertz CT molecular complexity index is 921. The number of ketones is 1. The molecule has 1 aromatic carbocycles. The number of carbonyl (C=O) groups excluding carboxylic acids is 2. The van der Waals surface area contributed by atoms with Gasteiger partial charge in [-0.2, -0.15) is 0 Å². The van der Waals surface area contributed by atoms with E-state index in [4.69, 9.17) is 9.47 Å². The molecule has 0 unspecified atom stereocenters. The molecule has 0 aromatic heterocycles. The molecule has 32 heavy (non-hydrogen) atoms. The minimum Gasteiger partial charge on any atom is -0.462 e. The lowest BCUT2D eigenvalue weighted by atomic mass is 9.47. The normalized spacial score (nSPS) is 40.7. The molecule has 4 nitrogen and oxygen atoms in total. The number of rotatable bonds is 4. The Kier molecular flexibility index (Phi) is 5.56. The molecule has 1 aromatic rings. The Morgan fingerprint density at radius 3 is 2.56 bits per heavy atom. The van der Waals surface area contributed by atoms with Crippen molar-refractivity contribution in [3.8, 4) is 0 Å². The SMILES string of the molecule is CC(=O)O[C@@H]1CC[C@@]2(C)C(=CC(=O)[C@H]3[C@@H]4CC[C@H](OCc5ccccc5)[C@@]4(C)CC[C@@H]32)C1. The molecule has 4 aliphatic rings. The van der Waals surface area contributed by atoms with Crippen LogP contribution in [0.1, 0.15) is 71.3 Å². The van der Waals surface area contributed by atoms with E-state index in [1.165, 1.54) is 18.1 Å². The number of benzene rings is 1. The molecular weight excluding hydrogens is 400 g/mol. The lowest BCUT2D eigenvalue weighted by Gasteiger charge is -2.57. The Labute approximate surface area is 191 Å². The van der Waals surface area contributed by atoms with E-state index >= 15 is 0 Å². The first-order valence-corrected chi connectivity index (χ1v) is 12.4. The Hall–Kier alpha value is -1.94. The maximum absolute atomic E-state index is 13.5. The van der Waals surface area contributed by atoms with Crippen LogP contribution >= 0.6 is 0 Å². The van der Waals surface area contributed by atoms with E-state index in [1.54, 1.807) is 0 Å². The Morgan fingerprint density at radius 2 is 1.81 bits per heavy atom. The maximum Gasteiger partial charge on any atom is 0.302 e. The third-order valence-corrected chi connectivity index (χ3v) is 9.44. The number of allylic oxidation sites excluding steroid dienone is 1. The standard InChI is InChI=1S/C28H36O4/c1-18(29)32-21-11-13-27(2)20(15-21)16-24(30)26-22-9-10-25(28(22,3)14-12-23(26)27)31-17-19-7-5-4-6-8-19/h4-8,16,21-23,25-26H,9-15,17H2,1-3H3/t21-,22+,23+,25+,26+,27+,28+/m1/s1. The minimum atomic E-state index is -0.222. The van der Waals surface area contributed by atoms with Crippen LogP contribution in [-0.2, 0) is 25.7 Å². The second-order valence-electron chi connectivity index (χ2n) is 11.1. The zero-order valence-corrected chi connectivity index (χ0v) is 19.6. The van der Waals surface area contributed by atoms with Crippen molar-refractivity contribution in [3.63, 3.8) is 0 Å². The molecular formula is C28H36O4. The molecule has 4 heteroatoms. The molecule has 0 N–H and O–H groups in total. The van der Waals surface area contributed by atoms with Crippen LogP contribution in [0.15, 0.2) is 42.0 Å². The molecule has 0 heterocycles. The molecule has 3 saturated carbocycles. The highest BCUT2D eigenvalue weighted by atomic mass is 16.5. The minimum absolute atomic E-state index is 0.0551. The van der Waals surface area contributed by atoms with E-state index in [9.17, 15) is 9.59 Å². The first-order chi connectivity index (χ1) is 15.3. The van der Waals surface area contributed by atoms with Gasteiger partial charge in [-0.25, -0.2) is 0 Å². The summed E-state index contributed by atoms with van der Waals surface area (Å²) < 4.78 is 12.0. The van der Waals surface area contributed by atoms with Crippen LogP contribution in [0.3, 0.4) is 0 Å². The number of carbonyl (C=O) groups is 2. The molecule has 0 aliphatic heterocycles. The van der Waals surface area contributed by atoms with Gasteiger partial charge < -0.3 is 9.47 Å². The van der Waals surface area contributed by atoms with Crippen molar-refractivity contribution in [2.24, 2.45) is 28.6 Å². The maximum atomic E-state index is 13.5. The van der Waals surface area contributed by atoms with Gasteiger partial charge in [-0.05, 0) is 72.8 Å². The van der Waals surface area contributed by atoms with Crippen LogP contribution in [-0.4, -0.2) is 24.0 Å². The Balaban J connectivity index is 1.35. The molecule has 0 saturated heterocycles. The van der Waals surface area contributed by atoms with Crippen LogP contribution in [0.4, 0.5) is 0 Å². The van der Waals surface area contributed by atoms with Gasteiger partial charge >= 0.3 is 5.97 Å². The predicted octanol–water partition coefficient (Wildman–Crippen LogP) is 5.65. The number of fused-ring (bicyclic) bond motifs is 5. The van der Waals surface area contributed by atoms with E-state index in [0.717, 1.165) is 44.9 Å². The first kappa shape index (κ1) is 21.9. The zero-order valence-electron chi connectivity index (χ0n) is 19.6. The summed E-state index contributed by atoms with van der Waals surface area (Å²) in [5.74, 6) is 0.999. The van der Waals surface area contributed by atoms with Crippen molar-refractivity contribution in [2.45, 2.75) is 84.5 Å². The molecule has 0 radical (unpaired) electrons. The smallest absolute Gasteiger partial charge is 0.302 e. The topological polar surface area (TPSA) is 52.6 Å². The van der Waals surface area contributed by atoms with Gasteiger partial charge in [0.1, 0.15) is 6.10 Å². The van der Waals surface area contributed by atoms with Gasteiger partial charge in [0.05, 0.1) is 12.7 Å². The molecule has 3 fully saturated rings. The average molecular weight is 437 g/mol. The number of esters is 1. The summed E-state index contributed by atoms with van der Waals surface area (Å²) in [6, 6.07) is 10.4. The second kappa shape index (κ2) is 8.13. The van der Waals surface area contributed by atoms with Crippen molar-refractivity contribution in [3.05, 3.63) is 47.5 Å². The summed E-state index contributed by atoms with van der Waals surface area (Å²) in [6.07, 6.45) is 9.05. The number of hydrogen-bond donors (Lipinski definition) is 0. The third-order valence-electron chi connectivity index (χ3n) is 9.44. The fraction of sp³-hybridized carbons (Fsp3) is 0.643. The first-order valence-electron chi connectivity index (χ1n) is 12.4. The van der Waals surface area contributed by atoms with E-state index in [2.05, 4.69) is 38.1 Å². The van der Waals surface area contributed by atoms with Crippen molar-refractivity contribution >= 4 is 11.8 Å². The van der Waals surface area contributed by atoms with Crippen LogP contribution in [0.5, 0.6) is 0 Å². The van der Waals surface area contributed by atoms with Crippen LogP contribution in [0.25, 0.3) is 0 Å². The number of ether oxygens (including phenoxy) is 2. The van der Waals surface area contributed by atoms with Crippen molar-refractivity contribution in [2.75, 3.05) is 0 Å². The monoisotopic (exact) mass is 436 g/mol. The molecule has 4 aliphatic carbocycles. The summed E-state index contributed by atoms with van der Waals surface area (Å²) in [5, 5.41) is 0. The number of hydrogen-bond acceptors (Lipinski definition) is 4. The molecule has 7 atom stereocenters. The highest BCUT2D eigenvalue weighted by molar-refractivity contribution is 5.94. The summed E-state index contributed by atoms with van der Waals surface area (Å²) in [5.41, 5.74) is 2.56. The molecule has 172 valence electrons. The van der Waals surface area contributed by atoms with E-state index in [1.807, 2.05) is 12.1 Å². The van der Waals surface area contributed by atoms with Gasteiger partial charge in [-0.1, -0.05) is 49.8 Å². The highest BCUT2D eigenvalue weighted by Crippen LogP contribution is 2.64. The van der Waals surface area contributed by atoms with Gasteiger partial charge in [0, 0.05) is 19.3 Å². The van der Waals surface area contributed by atoms with E-state index < -0.39 is 0 Å². The van der Waals surface area contributed by atoms with Gasteiger partial charge in [0.25, 0.3) is 0 Å². The third kappa shape index (κ3) is 3.55. The quantitative estimate of drug-likeness (QED) is 0.573. The van der Waals surface area contributed by atoms with Crippen molar-refractivity contribution < 1.29 is 19.1 Å². The highest BCUT2D eigenvalue weighted by Gasteiger charge is 2.61. The summed E-state index contributed by atoms with van der Waals surface area (Å²) in [4.78, 5) is 25.0. The summed E-state index contributed by atoms with van der Waals surface area (Å²) in [7, 11) is 0. The van der Waals surface area contributed by atoms with Gasteiger partial charge in [-0.3, -0.25) is 9.59 Å². The average Bonchev–Trinajstić information content (AvgIpc) is 3.10. The van der Waals surface area contributed by atoms with Gasteiger partial charge in [0.15, 0.2) is 5.78 Å². The molecule has 0 bridgehead atoms. The molecule has 0 spiro atoms. The van der Waals surface area contributed by atoms with E-state index in [-0.39, 0.29) is 34.9 Å². The fourth-order valence-corrected chi connectivity index (χ4v) is 7.70. The second-order valence-corrected chi connectivity index (χ2v) is 11.1. The lowest BCUT2D eigenvalue weighted by Crippen LogP contribution is -2.54. The predicted molar refractivity (Wildman–Crippen MR) is 123 cm³/mol. The van der Waals surface area contributed by atoms with Gasteiger partial charge in [-0.15, -0.1) is 0 Å². The summed E-state index contributed by atoms with van der Waals surface area (Å²) >= 11 is 0. The van der Waals surface area contributed by atoms with Crippen molar-refractivity contribution in [1.29, 1.82) is 0 Å². The zero-order chi connectivity index (χ0) is 22.5. The van der Waals surface area contributed by atoms with Crippen LogP contribution < -0.4 is 0 Å². The van der Waals surface area contributed by atoms with Gasteiger partial charge in [0.2, 0.25) is 0 Å². The molecule has 0 amide bonds. The van der Waals surface area contributed by atoms with Crippen LogP contribution in [0, 0.1) is 28.6 Å².